The molecule has 0 bridgehead atoms. The summed E-state index contributed by atoms with van der Waals surface area (Å²) in [6.07, 6.45) is 0. The number of nitrogen functional groups attached to an aromatic ring is 1. The topological polar surface area (TPSA) is 86.9 Å². The monoisotopic (exact) mass is 190 g/mol. The molecule has 72 valence electrons. The molecule has 5 heteroatoms. The first-order chi connectivity index (χ1) is 6.68. The summed E-state index contributed by atoms with van der Waals surface area (Å²) in [6.45, 7) is 0.0619. The SMILES string of the molecule is NC(=O)Cn1c(N)nc2ccccc21. The lowest BCUT2D eigenvalue weighted by atomic mass is 10.3. The van der Waals surface area contributed by atoms with E-state index in [0.29, 0.717) is 5.95 Å². The number of rotatable bonds is 2. The molecular formula is C9H10N4O. The molecule has 0 unspecified atom stereocenters. The van der Waals surface area contributed by atoms with Crippen LogP contribution in [0, 0.1) is 0 Å². The summed E-state index contributed by atoms with van der Waals surface area (Å²) in [4.78, 5) is 14.9. The van der Waals surface area contributed by atoms with Gasteiger partial charge in [0.05, 0.1) is 11.0 Å². The average Bonchev–Trinajstić information content (AvgIpc) is 2.43. The van der Waals surface area contributed by atoms with Crippen LogP contribution in [-0.2, 0) is 11.3 Å². The van der Waals surface area contributed by atoms with Gasteiger partial charge in [-0.2, -0.15) is 0 Å². The Labute approximate surface area is 80.3 Å². The second-order valence-electron chi connectivity index (χ2n) is 3.01. The van der Waals surface area contributed by atoms with Crippen molar-refractivity contribution in [1.29, 1.82) is 0 Å². The molecule has 1 aromatic heterocycles. The smallest absolute Gasteiger partial charge is 0.237 e. The number of nitrogens with two attached hydrogens (primary N) is 2. The first kappa shape index (κ1) is 8.55. The van der Waals surface area contributed by atoms with Crippen LogP contribution in [-0.4, -0.2) is 15.5 Å². The third-order valence-corrected chi connectivity index (χ3v) is 2.00. The Morgan fingerprint density at radius 3 is 2.86 bits per heavy atom. The standard InChI is InChI=1S/C9H10N4O/c10-8(14)5-13-7-4-2-1-3-6(7)12-9(13)11/h1-4H,5H2,(H2,10,14)(H2,11,12). The normalized spacial score (nSPS) is 10.6. The molecule has 0 spiro atoms. The molecular weight excluding hydrogens is 180 g/mol. The lowest BCUT2D eigenvalue weighted by molar-refractivity contribution is -0.118. The first-order valence-corrected chi connectivity index (χ1v) is 4.17. The quantitative estimate of drug-likeness (QED) is 0.704. The number of anilines is 1. The molecule has 0 radical (unpaired) electrons. The molecule has 1 amide bonds. The number of carbonyl (C=O) groups excluding carboxylic acids is 1. The number of amides is 1. The Kier molecular flexibility index (Phi) is 1.85. The fraction of sp³-hybridized carbons (Fsp3) is 0.111. The van der Waals surface area contributed by atoms with E-state index < -0.39 is 5.91 Å². The fourth-order valence-electron chi connectivity index (χ4n) is 1.42. The van der Waals surface area contributed by atoms with Gasteiger partial charge in [-0.25, -0.2) is 4.98 Å². The van der Waals surface area contributed by atoms with E-state index >= 15 is 0 Å². The van der Waals surface area contributed by atoms with E-state index in [0.717, 1.165) is 11.0 Å². The van der Waals surface area contributed by atoms with E-state index in [1.807, 2.05) is 24.3 Å². The van der Waals surface area contributed by atoms with Crippen molar-refractivity contribution in [3.8, 4) is 0 Å². The zero-order valence-electron chi connectivity index (χ0n) is 7.47. The van der Waals surface area contributed by atoms with Crippen LogP contribution in [0.4, 0.5) is 5.95 Å². The average molecular weight is 190 g/mol. The van der Waals surface area contributed by atoms with Crippen molar-refractivity contribution in [3.63, 3.8) is 0 Å². The Morgan fingerprint density at radius 1 is 1.43 bits per heavy atom. The van der Waals surface area contributed by atoms with E-state index in [4.69, 9.17) is 11.5 Å². The number of carbonyl (C=O) groups is 1. The Balaban J connectivity index is 2.62. The van der Waals surface area contributed by atoms with Gasteiger partial charge in [0.15, 0.2) is 0 Å². The maximum atomic E-state index is 10.8. The van der Waals surface area contributed by atoms with Gasteiger partial charge in [0.2, 0.25) is 11.9 Å². The van der Waals surface area contributed by atoms with E-state index in [9.17, 15) is 4.79 Å². The van der Waals surface area contributed by atoms with Gasteiger partial charge < -0.3 is 16.0 Å². The van der Waals surface area contributed by atoms with Gasteiger partial charge in [-0.05, 0) is 12.1 Å². The van der Waals surface area contributed by atoms with Gasteiger partial charge in [0.25, 0.3) is 0 Å². The highest BCUT2D eigenvalue weighted by Gasteiger charge is 2.08. The number of hydrogen-bond donors (Lipinski definition) is 2. The Bertz CT molecular complexity index is 489. The highest BCUT2D eigenvalue weighted by molar-refractivity contribution is 5.82. The largest absolute Gasteiger partial charge is 0.369 e. The van der Waals surface area contributed by atoms with E-state index in [-0.39, 0.29) is 6.54 Å². The molecule has 0 aliphatic carbocycles. The minimum Gasteiger partial charge on any atom is -0.369 e. The van der Waals surface area contributed by atoms with Gasteiger partial charge in [-0.1, -0.05) is 12.1 Å². The van der Waals surface area contributed by atoms with Crippen LogP contribution in [0.1, 0.15) is 0 Å². The number of aromatic nitrogens is 2. The van der Waals surface area contributed by atoms with E-state index in [1.54, 1.807) is 4.57 Å². The highest BCUT2D eigenvalue weighted by atomic mass is 16.1. The lowest BCUT2D eigenvalue weighted by Gasteiger charge is -2.01. The molecule has 1 aromatic carbocycles. The summed E-state index contributed by atoms with van der Waals surface area (Å²) >= 11 is 0. The minimum atomic E-state index is -0.431. The minimum absolute atomic E-state index is 0.0619. The zero-order valence-corrected chi connectivity index (χ0v) is 7.47. The summed E-state index contributed by atoms with van der Waals surface area (Å²) in [5, 5.41) is 0. The zero-order chi connectivity index (χ0) is 10.1. The molecule has 2 aromatic rings. The number of nitrogens with zero attached hydrogens (tertiary/aromatic N) is 2. The predicted molar refractivity (Wildman–Crippen MR) is 53.3 cm³/mol. The van der Waals surface area contributed by atoms with Crippen molar-refractivity contribution in [2.24, 2.45) is 5.73 Å². The molecule has 0 aliphatic rings. The van der Waals surface area contributed by atoms with Gasteiger partial charge in [0, 0.05) is 0 Å². The Hall–Kier alpha value is -2.04. The predicted octanol–water partition coefficient (Wildman–Crippen LogP) is 0.104. The summed E-state index contributed by atoms with van der Waals surface area (Å²) in [7, 11) is 0. The molecule has 0 saturated heterocycles. The van der Waals surface area contributed by atoms with Crippen molar-refractivity contribution in [2.75, 3.05) is 5.73 Å². The van der Waals surface area contributed by atoms with E-state index in [1.165, 1.54) is 0 Å². The summed E-state index contributed by atoms with van der Waals surface area (Å²) in [5.41, 5.74) is 12.3. The van der Waals surface area contributed by atoms with Crippen molar-refractivity contribution < 1.29 is 4.79 Å². The third-order valence-electron chi connectivity index (χ3n) is 2.00. The van der Waals surface area contributed by atoms with Crippen molar-refractivity contribution in [3.05, 3.63) is 24.3 Å². The van der Waals surface area contributed by atoms with Crippen molar-refractivity contribution in [2.45, 2.75) is 6.54 Å². The van der Waals surface area contributed by atoms with Crippen LogP contribution < -0.4 is 11.5 Å². The third kappa shape index (κ3) is 1.28. The number of imidazole rings is 1. The van der Waals surface area contributed by atoms with Crippen molar-refractivity contribution in [1.82, 2.24) is 9.55 Å². The van der Waals surface area contributed by atoms with Gasteiger partial charge in [-0.3, -0.25) is 4.79 Å². The summed E-state index contributed by atoms with van der Waals surface area (Å²) in [5.74, 6) is -0.121. The lowest BCUT2D eigenvalue weighted by Crippen LogP contribution is -2.19. The van der Waals surface area contributed by atoms with Crippen LogP contribution in [0.5, 0.6) is 0 Å². The van der Waals surface area contributed by atoms with Crippen molar-refractivity contribution >= 4 is 22.9 Å². The van der Waals surface area contributed by atoms with Crippen LogP contribution >= 0.6 is 0 Å². The molecule has 2 rings (SSSR count). The second-order valence-corrected chi connectivity index (χ2v) is 3.01. The van der Waals surface area contributed by atoms with Crippen LogP contribution in [0.2, 0.25) is 0 Å². The van der Waals surface area contributed by atoms with Crippen LogP contribution in [0.15, 0.2) is 24.3 Å². The van der Waals surface area contributed by atoms with Gasteiger partial charge in [0.1, 0.15) is 6.54 Å². The summed E-state index contributed by atoms with van der Waals surface area (Å²) in [6, 6.07) is 7.41. The fourth-order valence-corrected chi connectivity index (χ4v) is 1.42. The molecule has 0 fully saturated rings. The molecule has 5 nitrogen and oxygen atoms in total. The van der Waals surface area contributed by atoms with Gasteiger partial charge in [-0.15, -0.1) is 0 Å². The van der Waals surface area contributed by atoms with E-state index in [2.05, 4.69) is 4.98 Å². The second kappa shape index (κ2) is 3.02. The molecule has 0 saturated carbocycles. The maximum Gasteiger partial charge on any atom is 0.237 e. The molecule has 0 aliphatic heterocycles. The van der Waals surface area contributed by atoms with Gasteiger partial charge >= 0.3 is 0 Å². The molecule has 0 atom stereocenters. The van der Waals surface area contributed by atoms with Crippen LogP contribution in [0.25, 0.3) is 11.0 Å². The number of benzene rings is 1. The van der Waals surface area contributed by atoms with Crippen LogP contribution in [0.3, 0.4) is 0 Å². The molecule has 4 N–H and O–H groups in total. The highest BCUT2D eigenvalue weighted by Crippen LogP contribution is 2.16. The number of fused-ring (bicyclic) bond motifs is 1. The molecule has 14 heavy (non-hydrogen) atoms. The Morgan fingerprint density at radius 2 is 2.14 bits per heavy atom. The number of primary amides is 1. The molecule has 1 heterocycles. The number of hydrogen-bond acceptors (Lipinski definition) is 3. The first-order valence-electron chi connectivity index (χ1n) is 4.17. The summed E-state index contributed by atoms with van der Waals surface area (Å²) < 4.78 is 1.59. The maximum absolute atomic E-state index is 10.8. The number of para-hydroxylation sites is 2.